The number of esters is 1. The summed E-state index contributed by atoms with van der Waals surface area (Å²) in [6.07, 6.45) is 1.39. The summed E-state index contributed by atoms with van der Waals surface area (Å²) < 4.78 is 10.7. The van der Waals surface area contributed by atoms with Gasteiger partial charge in [-0.15, -0.1) is 0 Å². The van der Waals surface area contributed by atoms with E-state index in [4.69, 9.17) is 9.47 Å². The first-order valence-electron chi connectivity index (χ1n) is 9.30. The Kier molecular flexibility index (Phi) is 6.32. The molecule has 2 aromatic carbocycles. The molecule has 30 heavy (non-hydrogen) atoms. The highest BCUT2D eigenvalue weighted by Gasteiger charge is 2.15. The molecule has 0 saturated carbocycles. The molecule has 0 unspecified atom stereocenters. The molecule has 0 aliphatic rings. The van der Waals surface area contributed by atoms with Crippen molar-refractivity contribution in [3.8, 4) is 17.2 Å². The van der Waals surface area contributed by atoms with Gasteiger partial charge in [0.2, 0.25) is 0 Å². The summed E-state index contributed by atoms with van der Waals surface area (Å²) >= 11 is 0. The van der Waals surface area contributed by atoms with Gasteiger partial charge in [0.05, 0.1) is 6.20 Å². The number of amides is 1. The van der Waals surface area contributed by atoms with E-state index in [-0.39, 0.29) is 24.0 Å². The van der Waals surface area contributed by atoms with Gasteiger partial charge in [0.1, 0.15) is 18.1 Å². The average Bonchev–Trinajstić information content (AvgIpc) is 2.71. The third-order valence-electron chi connectivity index (χ3n) is 4.49. The molecule has 0 aliphatic heterocycles. The van der Waals surface area contributed by atoms with Gasteiger partial charge in [-0.3, -0.25) is 9.59 Å². The van der Waals surface area contributed by atoms with Gasteiger partial charge in [-0.25, -0.2) is 4.98 Å². The molecular weight excluding hydrogens is 384 g/mol. The Morgan fingerprint density at radius 1 is 1.10 bits per heavy atom. The van der Waals surface area contributed by atoms with Gasteiger partial charge in [0, 0.05) is 18.7 Å². The molecule has 3 rings (SSSR count). The number of ether oxygens (including phenoxy) is 2. The van der Waals surface area contributed by atoms with Crippen LogP contribution in [-0.2, 0) is 16.1 Å². The van der Waals surface area contributed by atoms with E-state index in [0.717, 1.165) is 16.7 Å². The Labute approximate surface area is 174 Å². The summed E-state index contributed by atoms with van der Waals surface area (Å²) in [5.41, 5.74) is 3.25. The van der Waals surface area contributed by atoms with Crippen LogP contribution in [0.5, 0.6) is 17.2 Å². The normalized spacial score (nSPS) is 10.4. The summed E-state index contributed by atoms with van der Waals surface area (Å²) in [6, 6.07) is 13.8. The maximum absolute atomic E-state index is 12.5. The molecular formula is C23H22N2O5. The molecule has 0 spiro atoms. The number of carbonyl (C=O) groups excluding carboxylic acids is 2. The number of nitrogens with one attached hydrogen (secondary N) is 1. The second-order valence-corrected chi connectivity index (χ2v) is 6.77. The van der Waals surface area contributed by atoms with Crippen LogP contribution in [0.15, 0.2) is 54.7 Å². The van der Waals surface area contributed by atoms with Crippen molar-refractivity contribution < 1.29 is 24.2 Å². The second-order valence-electron chi connectivity index (χ2n) is 6.77. The third-order valence-corrected chi connectivity index (χ3v) is 4.49. The maximum atomic E-state index is 12.5. The van der Waals surface area contributed by atoms with Crippen molar-refractivity contribution >= 4 is 17.6 Å². The summed E-state index contributed by atoms with van der Waals surface area (Å²) in [7, 11) is 0. The number of hydrogen-bond acceptors (Lipinski definition) is 6. The molecule has 7 nitrogen and oxygen atoms in total. The minimum atomic E-state index is -0.557. The first-order chi connectivity index (χ1) is 14.3. The lowest BCUT2D eigenvalue weighted by atomic mass is 10.1. The Bertz CT molecular complexity index is 1080. The molecule has 1 heterocycles. The molecule has 0 atom stereocenters. The summed E-state index contributed by atoms with van der Waals surface area (Å²) in [4.78, 5) is 27.4. The standard InChI is InChI=1S/C23H22N2O5/c1-14-5-4-6-21(15(14)2)30-19-11-20(27)22(24-12-19)23(28)25-18-9-7-17(8-10-18)13-29-16(3)26/h4-12,27H,13H2,1-3H3,(H,25,28). The molecule has 154 valence electrons. The zero-order valence-corrected chi connectivity index (χ0v) is 16.9. The number of nitrogens with zero attached hydrogens (tertiary/aromatic N) is 1. The topological polar surface area (TPSA) is 97.8 Å². The maximum Gasteiger partial charge on any atom is 0.302 e. The zero-order valence-electron chi connectivity index (χ0n) is 16.9. The van der Waals surface area contributed by atoms with Crippen LogP contribution in [0.3, 0.4) is 0 Å². The van der Waals surface area contributed by atoms with Crippen molar-refractivity contribution in [3.05, 3.63) is 77.1 Å². The van der Waals surface area contributed by atoms with Gasteiger partial charge in [0.15, 0.2) is 11.4 Å². The third kappa shape index (κ3) is 5.14. The van der Waals surface area contributed by atoms with Gasteiger partial charge in [-0.05, 0) is 48.7 Å². The molecule has 0 saturated heterocycles. The van der Waals surface area contributed by atoms with E-state index in [1.807, 2.05) is 32.0 Å². The quantitative estimate of drug-likeness (QED) is 0.585. The lowest BCUT2D eigenvalue weighted by Gasteiger charge is -2.12. The molecule has 7 heteroatoms. The van der Waals surface area contributed by atoms with E-state index in [0.29, 0.717) is 17.2 Å². The molecule has 0 bridgehead atoms. The van der Waals surface area contributed by atoms with Crippen LogP contribution in [0.1, 0.15) is 34.1 Å². The first kappa shape index (κ1) is 20.9. The number of rotatable bonds is 6. The number of aromatic nitrogens is 1. The fourth-order valence-corrected chi connectivity index (χ4v) is 2.69. The second kappa shape index (κ2) is 9.09. The van der Waals surface area contributed by atoms with Gasteiger partial charge in [0.25, 0.3) is 5.91 Å². The first-order valence-corrected chi connectivity index (χ1v) is 9.30. The number of aryl methyl sites for hydroxylation is 1. The predicted octanol–water partition coefficient (Wildman–Crippen LogP) is 4.51. The van der Waals surface area contributed by atoms with Crippen molar-refractivity contribution in [2.45, 2.75) is 27.4 Å². The Balaban J connectivity index is 1.68. The van der Waals surface area contributed by atoms with Crippen molar-refractivity contribution in [2.75, 3.05) is 5.32 Å². The molecule has 0 radical (unpaired) electrons. The lowest BCUT2D eigenvalue weighted by molar-refractivity contribution is -0.142. The fourth-order valence-electron chi connectivity index (χ4n) is 2.69. The summed E-state index contributed by atoms with van der Waals surface area (Å²) in [5.74, 6) is -0.228. The van der Waals surface area contributed by atoms with Gasteiger partial charge >= 0.3 is 5.97 Å². The van der Waals surface area contributed by atoms with Crippen LogP contribution in [0.2, 0.25) is 0 Å². The van der Waals surface area contributed by atoms with Crippen LogP contribution < -0.4 is 10.1 Å². The van der Waals surface area contributed by atoms with Crippen molar-refractivity contribution in [3.63, 3.8) is 0 Å². The summed E-state index contributed by atoms with van der Waals surface area (Å²) in [5, 5.41) is 12.9. The predicted molar refractivity (Wildman–Crippen MR) is 112 cm³/mol. The van der Waals surface area contributed by atoms with E-state index in [9.17, 15) is 14.7 Å². The number of aromatic hydroxyl groups is 1. The highest BCUT2D eigenvalue weighted by atomic mass is 16.5. The van der Waals surface area contributed by atoms with E-state index in [1.165, 1.54) is 19.2 Å². The van der Waals surface area contributed by atoms with E-state index in [2.05, 4.69) is 10.3 Å². The minimum Gasteiger partial charge on any atom is -0.505 e. The average molecular weight is 406 g/mol. The highest BCUT2D eigenvalue weighted by molar-refractivity contribution is 6.04. The number of benzene rings is 2. The van der Waals surface area contributed by atoms with Crippen LogP contribution in [0.4, 0.5) is 5.69 Å². The van der Waals surface area contributed by atoms with Crippen molar-refractivity contribution in [1.82, 2.24) is 4.98 Å². The molecule has 0 aliphatic carbocycles. The smallest absolute Gasteiger partial charge is 0.302 e. The van der Waals surface area contributed by atoms with E-state index >= 15 is 0 Å². The van der Waals surface area contributed by atoms with E-state index in [1.54, 1.807) is 24.3 Å². The highest BCUT2D eigenvalue weighted by Crippen LogP contribution is 2.29. The molecule has 1 aromatic heterocycles. The van der Waals surface area contributed by atoms with Gasteiger partial charge in [-0.1, -0.05) is 24.3 Å². The molecule has 0 fully saturated rings. The Morgan fingerprint density at radius 2 is 1.83 bits per heavy atom. The molecule has 2 N–H and O–H groups in total. The van der Waals surface area contributed by atoms with Gasteiger partial charge < -0.3 is 19.9 Å². The van der Waals surface area contributed by atoms with Crippen LogP contribution in [-0.4, -0.2) is 22.0 Å². The van der Waals surface area contributed by atoms with Crippen LogP contribution >= 0.6 is 0 Å². The largest absolute Gasteiger partial charge is 0.505 e. The Morgan fingerprint density at radius 3 is 2.50 bits per heavy atom. The molecule has 3 aromatic rings. The van der Waals surface area contributed by atoms with Crippen LogP contribution in [0, 0.1) is 13.8 Å². The number of pyridine rings is 1. The van der Waals surface area contributed by atoms with Gasteiger partial charge in [-0.2, -0.15) is 0 Å². The number of anilines is 1. The minimum absolute atomic E-state index is 0.118. The monoisotopic (exact) mass is 406 g/mol. The zero-order chi connectivity index (χ0) is 21.7. The van der Waals surface area contributed by atoms with Crippen molar-refractivity contribution in [1.29, 1.82) is 0 Å². The number of carbonyl (C=O) groups is 2. The summed E-state index contributed by atoms with van der Waals surface area (Å²) in [6.45, 7) is 5.42. The van der Waals surface area contributed by atoms with Crippen LogP contribution in [0.25, 0.3) is 0 Å². The SMILES string of the molecule is CC(=O)OCc1ccc(NC(=O)c2ncc(Oc3cccc(C)c3C)cc2O)cc1. The molecule has 1 amide bonds. The van der Waals surface area contributed by atoms with E-state index < -0.39 is 5.91 Å². The Hall–Kier alpha value is -3.87. The number of hydrogen-bond donors (Lipinski definition) is 2. The lowest BCUT2D eigenvalue weighted by Crippen LogP contribution is -2.14. The fraction of sp³-hybridized carbons (Fsp3) is 0.174. The van der Waals surface area contributed by atoms with Crippen molar-refractivity contribution in [2.24, 2.45) is 0 Å².